The highest BCUT2D eigenvalue weighted by Crippen LogP contribution is 2.19. The zero-order valence-corrected chi connectivity index (χ0v) is 12.9. The van der Waals surface area contributed by atoms with Gasteiger partial charge in [-0.25, -0.2) is 0 Å². The molecule has 98 valence electrons. The van der Waals surface area contributed by atoms with Crippen LogP contribution in [0.4, 0.5) is 5.69 Å². The SMILES string of the molecule is Cc1cc(NC(=S)NCc2ccccn2)ccc1Br. The van der Waals surface area contributed by atoms with Crippen LogP contribution < -0.4 is 10.6 Å². The van der Waals surface area contributed by atoms with Crippen LogP contribution in [0.25, 0.3) is 0 Å². The van der Waals surface area contributed by atoms with E-state index in [9.17, 15) is 0 Å². The van der Waals surface area contributed by atoms with E-state index in [1.54, 1.807) is 6.20 Å². The molecular weight excluding hydrogens is 322 g/mol. The smallest absolute Gasteiger partial charge is 0.171 e. The van der Waals surface area contributed by atoms with E-state index in [1.165, 1.54) is 0 Å². The normalized spacial score (nSPS) is 10.0. The Labute approximate surface area is 126 Å². The summed E-state index contributed by atoms with van der Waals surface area (Å²) in [7, 11) is 0. The van der Waals surface area contributed by atoms with Crippen molar-refractivity contribution in [3.8, 4) is 0 Å². The maximum Gasteiger partial charge on any atom is 0.171 e. The van der Waals surface area contributed by atoms with E-state index in [-0.39, 0.29) is 0 Å². The summed E-state index contributed by atoms with van der Waals surface area (Å²) in [6.45, 7) is 2.65. The van der Waals surface area contributed by atoms with Gasteiger partial charge in [0.25, 0.3) is 0 Å². The van der Waals surface area contributed by atoms with E-state index >= 15 is 0 Å². The van der Waals surface area contributed by atoms with Crippen molar-refractivity contribution in [2.24, 2.45) is 0 Å². The largest absolute Gasteiger partial charge is 0.357 e. The van der Waals surface area contributed by atoms with Gasteiger partial charge in [-0.05, 0) is 55.0 Å². The monoisotopic (exact) mass is 335 g/mol. The summed E-state index contributed by atoms with van der Waals surface area (Å²) < 4.78 is 1.09. The first-order chi connectivity index (χ1) is 9.15. The molecule has 0 aliphatic heterocycles. The van der Waals surface area contributed by atoms with E-state index in [0.717, 1.165) is 21.4 Å². The van der Waals surface area contributed by atoms with Crippen molar-refractivity contribution in [1.82, 2.24) is 10.3 Å². The lowest BCUT2D eigenvalue weighted by atomic mass is 10.2. The van der Waals surface area contributed by atoms with Gasteiger partial charge >= 0.3 is 0 Å². The van der Waals surface area contributed by atoms with Crippen molar-refractivity contribution in [3.63, 3.8) is 0 Å². The van der Waals surface area contributed by atoms with Gasteiger partial charge in [0, 0.05) is 16.4 Å². The molecule has 0 spiro atoms. The third-order valence-corrected chi connectivity index (χ3v) is 3.71. The van der Waals surface area contributed by atoms with E-state index in [1.807, 2.05) is 43.3 Å². The Morgan fingerprint density at radius 1 is 1.32 bits per heavy atom. The second-order valence-electron chi connectivity index (χ2n) is 4.09. The topological polar surface area (TPSA) is 37.0 Å². The molecule has 2 rings (SSSR count). The number of anilines is 1. The van der Waals surface area contributed by atoms with Crippen molar-refractivity contribution in [2.75, 3.05) is 5.32 Å². The predicted molar refractivity (Wildman–Crippen MR) is 86.2 cm³/mol. The quantitative estimate of drug-likeness (QED) is 0.839. The molecule has 1 aromatic heterocycles. The van der Waals surface area contributed by atoms with E-state index in [2.05, 4.69) is 31.5 Å². The fourth-order valence-electron chi connectivity index (χ4n) is 1.57. The number of nitrogens with zero attached hydrogens (tertiary/aromatic N) is 1. The van der Waals surface area contributed by atoms with Crippen molar-refractivity contribution in [2.45, 2.75) is 13.5 Å². The number of halogens is 1. The zero-order chi connectivity index (χ0) is 13.7. The molecule has 0 aliphatic carbocycles. The van der Waals surface area contributed by atoms with Crippen LogP contribution in [0.15, 0.2) is 47.1 Å². The number of aryl methyl sites for hydroxylation is 1. The molecule has 5 heteroatoms. The summed E-state index contributed by atoms with van der Waals surface area (Å²) in [4.78, 5) is 4.23. The molecule has 0 saturated heterocycles. The molecule has 1 aromatic carbocycles. The molecule has 3 nitrogen and oxygen atoms in total. The van der Waals surface area contributed by atoms with Crippen LogP contribution >= 0.6 is 28.1 Å². The second-order valence-corrected chi connectivity index (χ2v) is 5.36. The van der Waals surface area contributed by atoms with Crippen LogP contribution in [0.3, 0.4) is 0 Å². The highest BCUT2D eigenvalue weighted by atomic mass is 79.9. The Morgan fingerprint density at radius 3 is 2.84 bits per heavy atom. The van der Waals surface area contributed by atoms with Gasteiger partial charge in [0.15, 0.2) is 5.11 Å². The second kappa shape index (κ2) is 6.63. The number of hydrogen-bond donors (Lipinski definition) is 2. The number of pyridine rings is 1. The van der Waals surface area contributed by atoms with Gasteiger partial charge < -0.3 is 10.6 Å². The van der Waals surface area contributed by atoms with Crippen LogP contribution in [0.1, 0.15) is 11.3 Å². The van der Waals surface area contributed by atoms with Gasteiger partial charge in [0.05, 0.1) is 12.2 Å². The van der Waals surface area contributed by atoms with Gasteiger partial charge in [0.2, 0.25) is 0 Å². The van der Waals surface area contributed by atoms with E-state index in [0.29, 0.717) is 11.7 Å². The Balaban J connectivity index is 1.89. The Morgan fingerprint density at radius 2 is 2.16 bits per heavy atom. The van der Waals surface area contributed by atoms with Crippen LogP contribution in [-0.2, 0) is 6.54 Å². The zero-order valence-electron chi connectivity index (χ0n) is 10.5. The summed E-state index contributed by atoms with van der Waals surface area (Å²) in [5.74, 6) is 0. The summed E-state index contributed by atoms with van der Waals surface area (Å²) in [5.41, 5.74) is 3.09. The van der Waals surface area contributed by atoms with Crippen molar-refractivity contribution < 1.29 is 0 Å². The third kappa shape index (κ3) is 4.29. The van der Waals surface area contributed by atoms with Gasteiger partial charge in [0.1, 0.15) is 0 Å². The number of hydrogen-bond acceptors (Lipinski definition) is 2. The summed E-state index contributed by atoms with van der Waals surface area (Å²) >= 11 is 8.72. The Kier molecular flexibility index (Phi) is 4.87. The minimum atomic E-state index is 0.590. The Hall–Kier alpha value is -1.46. The average Bonchev–Trinajstić information content (AvgIpc) is 2.42. The van der Waals surface area contributed by atoms with Crippen LogP contribution in [0.5, 0.6) is 0 Å². The van der Waals surface area contributed by atoms with Gasteiger partial charge in [-0.15, -0.1) is 0 Å². The first-order valence-corrected chi connectivity index (χ1v) is 7.06. The van der Waals surface area contributed by atoms with Crippen molar-refractivity contribution in [3.05, 3.63) is 58.3 Å². The molecule has 0 amide bonds. The molecule has 0 atom stereocenters. The molecule has 0 fully saturated rings. The summed E-state index contributed by atoms with van der Waals surface area (Å²) in [5, 5.41) is 6.87. The number of aromatic nitrogens is 1. The molecular formula is C14H14BrN3S. The maximum absolute atomic E-state index is 5.25. The molecule has 1 heterocycles. The molecule has 19 heavy (non-hydrogen) atoms. The van der Waals surface area contributed by atoms with Crippen LogP contribution in [-0.4, -0.2) is 10.1 Å². The fourth-order valence-corrected chi connectivity index (χ4v) is 2.01. The summed E-state index contributed by atoms with van der Waals surface area (Å²) in [6.07, 6.45) is 1.77. The highest BCUT2D eigenvalue weighted by Gasteiger charge is 2.00. The standard InChI is InChI=1S/C14H14BrN3S/c1-10-8-11(5-6-13(10)15)18-14(19)17-9-12-4-2-3-7-16-12/h2-8H,9H2,1H3,(H2,17,18,19). The van der Waals surface area contributed by atoms with Gasteiger partial charge in [-0.1, -0.05) is 22.0 Å². The number of benzene rings is 1. The first kappa shape index (κ1) is 14.0. The summed E-state index contributed by atoms with van der Waals surface area (Å²) in [6, 6.07) is 11.8. The first-order valence-electron chi connectivity index (χ1n) is 5.86. The van der Waals surface area contributed by atoms with Crippen molar-refractivity contribution in [1.29, 1.82) is 0 Å². The molecule has 2 N–H and O–H groups in total. The van der Waals surface area contributed by atoms with Crippen molar-refractivity contribution >= 4 is 38.9 Å². The lowest BCUT2D eigenvalue weighted by Crippen LogP contribution is -2.28. The van der Waals surface area contributed by atoms with Crippen LogP contribution in [0, 0.1) is 6.92 Å². The molecule has 0 unspecified atom stereocenters. The van der Waals surface area contributed by atoms with E-state index in [4.69, 9.17) is 12.2 Å². The van der Waals surface area contributed by atoms with Gasteiger partial charge in [-0.2, -0.15) is 0 Å². The molecule has 2 aromatic rings. The third-order valence-electron chi connectivity index (χ3n) is 2.57. The Bertz CT molecular complexity index is 572. The lowest BCUT2D eigenvalue weighted by molar-refractivity contribution is 0.882. The average molecular weight is 336 g/mol. The molecule has 0 aliphatic rings. The number of nitrogens with one attached hydrogen (secondary N) is 2. The predicted octanol–water partition coefficient (Wildman–Crippen LogP) is 3.64. The molecule has 0 saturated carbocycles. The number of thiocarbonyl (C=S) groups is 1. The van der Waals surface area contributed by atoms with Gasteiger partial charge in [-0.3, -0.25) is 4.98 Å². The minimum absolute atomic E-state index is 0.590. The molecule has 0 radical (unpaired) electrons. The van der Waals surface area contributed by atoms with E-state index < -0.39 is 0 Å². The lowest BCUT2D eigenvalue weighted by Gasteiger charge is -2.11. The highest BCUT2D eigenvalue weighted by molar-refractivity contribution is 9.10. The molecule has 0 bridgehead atoms. The fraction of sp³-hybridized carbons (Fsp3) is 0.143. The van der Waals surface area contributed by atoms with Crippen LogP contribution in [0.2, 0.25) is 0 Å². The minimum Gasteiger partial charge on any atom is -0.357 e. The number of rotatable bonds is 3. The maximum atomic E-state index is 5.25.